The lowest BCUT2D eigenvalue weighted by Crippen LogP contribution is -2.29. The normalized spacial score (nSPS) is 14.0. The van der Waals surface area contributed by atoms with E-state index in [0.717, 1.165) is 10.0 Å². The van der Waals surface area contributed by atoms with Crippen LogP contribution in [0.3, 0.4) is 0 Å². The summed E-state index contributed by atoms with van der Waals surface area (Å²) < 4.78 is 0.991. The molecule has 21 heavy (non-hydrogen) atoms. The summed E-state index contributed by atoms with van der Waals surface area (Å²) >= 11 is 3.41. The third-order valence-corrected chi connectivity index (χ3v) is 3.82. The molecule has 0 saturated heterocycles. The Kier molecular flexibility index (Phi) is 3.71. The van der Waals surface area contributed by atoms with E-state index in [1.807, 2.05) is 36.4 Å². The summed E-state index contributed by atoms with van der Waals surface area (Å²) in [6.45, 7) is 0.277. The predicted octanol–water partition coefficient (Wildman–Crippen LogP) is 3.76. The summed E-state index contributed by atoms with van der Waals surface area (Å²) in [6.07, 6.45) is 3.72. The average molecular weight is 342 g/mol. The molecule has 1 heterocycles. The smallest absolute Gasteiger partial charge is 0.261 e. The molecule has 0 aliphatic carbocycles. The third kappa shape index (κ3) is 2.67. The maximum absolute atomic E-state index is 12.2. The Morgan fingerprint density at radius 3 is 2.24 bits per heavy atom. The summed E-state index contributed by atoms with van der Waals surface area (Å²) in [4.78, 5) is 25.6. The second-order valence-corrected chi connectivity index (χ2v) is 5.64. The second-order valence-electron chi connectivity index (χ2n) is 4.72. The summed E-state index contributed by atoms with van der Waals surface area (Å²) in [6, 6.07) is 14.7. The van der Waals surface area contributed by atoms with Crippen molar-refractivity contribution in [2.45, 2.75) is 0 Å². The average Bonchev–Trinajstić information content (AvgIpc) is 2.73. The van der Waals surface area contributed by atoms with Gasteiger partial charge in [-0.1, -0.05) is 52.3 Å². The molecular weight excluding hydrogens is 330 g/mol. The number of amides is 2. The Labute approximate surface area is 131 Å². The van der Waals surface area contributed by atoms with Gasteiger partial charge in [-0.15, -0.1) is 0 Å². The Balaban J connectivity index is 1.75. The number of hydrogen-bond donors (Lipinski definition) is 0. The first-order chi connectivity index (χ1) is 10.2. The zero-order valence-corrected chi connectivity index (χ0v) is 12.7. The third-order valence-electron chi connectivity index (χ3n) is 3.33. The van der Waals surface area contributed by atoms with Crippen molar-refractivity contribution in [2.75, 3.05) is 6.54 Å². The second kappa shape index (κ2) is 5.66. The van der Waals surface area contributed by atoms with E-state index in [4.69, 9.17) is 0 Å². The van der Waals surface area contributed by atoms with Crippen LogP contribution in [0.4, 0.5) is 0 Å². The number of rotatable bonds is 3. The molecule has 0 aromatic heterocycles. The zero-order chi connectivity index (χ0) is 14.8. The van der Waals surface area contributed by atoms with E-state index in [2.05, 4.69) is 15.9 Å². The number of carbonyl (C=O) groups excluding carboxylic acids is 2. The number of hydrogen-bond acceptors (Lipinski definition) is 2. The molecule has 0 unspecified atom stereocenters. The van der Waals surface area contributed by atoms with Gasteiger partial charge in [-0.2, -0.15) is 0 Å². The fourth-order valence-electron chi connectivity index (χ4n) is 2.31. The number of carbonyl (C=O) groups is 2. The Hall–Kier alpha value is -2.20. The number of fused-ring (bicyclic) bond motifs is 1. The van der Waals surface area contributed by atoms with E-state index in [1.165, 1.54) is 4.90 Å². The fourth-order valence-corrected chi connectivity index (χ4v) is 2.73. The van der Waals surface area contributed by atoms with Gasteiger partial charge in [0.05, 0.1) is 11.1 Å². The molecule has 0 radical (unpaired) electrons. The Morgan fingerprint density at radius 2 is 1.62 bits per heavy atom. The van der Waals surface area contributed by atoms with Gasteiger partial charge in [0.1, 0.15) is 0 Å². The lowest BCUT2D eigenvalue weighted by atomic mass is 10.1. The first kappa shape index (κ1) is 13.8. The highest BCUT2D eigenvalue weighted by molar-refractivity contribution is 9.10. The number of benzene rings is 2. The molecule has 2 aromatic rings. The van der Waals surface area contributed by atoms with E-state index in [9.17, 15) is 9.59 Å². The molecule has 0 atom stereocenters. The molecule has 0 bridgehead atoms. The maximum Gasteiger partial charge on any atom is 0.261 e. The molecule has 1 aliphatic rings. The lowest BCUT2D eigenvalue weighted by Gasteiger charge is -2.10. The van der Waals surface area contributed by atoms with Gasteiger partial charge >= 0.3 is 0 Å². The molecule has 3 nitrogen and oxygen atoms in total. The van der Waals surface area contributed by atoms with Gasteiger partial charge < -0.3 is 0 Å². The Morgan fingerprint density at radius 1 is 0.952 bits per heavy atom. The standard InChI is InChI=1S/C17H12BrNO2/c18-13-7-3-5-12(11-13)6-4-10-19-16(20)14-8-1-2-9-15(14)17(19)21/h1-9,11H,10H2. The largest absolute Gasteiger partial charge is 0.270 e. The first-order valence-corrected chi connectivity index (χ1v) is 7.33. The van der Waals surface area contributed by atoms with Crippen molar-refractivity contribution in [1.29, 1.82) is 0 Å². The van der Waals surface area contributed by atoms with Crippen LogP contribution in [0, 0.1) is 0 Å². The highest BCUT2D eigenvalue weighted by Gasteiger charge is 2.33. The summed E-state index contributed by atoms with van der Waals surface area (Å²) in [7, 11) is 0. The molecule has 2 amide bonds. The highest BCUT2D eigenvalue weighted by Crippen LogP contribution is 2.22. The van der Waals surface area contributed by atoms with Gasteiger partial charge in [0, 0.05) is 11.0 Å². The van der Waals surface area contributed by atoms with Crippen LogP contribution in [-0.4, -0.2) is 23.3 Å². The van der Waals surface area contributed by atoms with Crippen LogP contribution in [0.1, 0.15) is 26.3 Å². The van der Waals surface area contributed by atoms with Crippen molar-refractivity contribution in [1.82, 2.24) is 4.90 Å². The quantitative estimate of drug-likeness (QED) is 0.797. The summed E-state index contributed by atoms with van der Waals surface area (Å²) in [5, 5.41) is 0. The fraction of sp³-hybridized carbons (Fsp3) is 0.0588. The SMILES string of the molecule is O=C1c2ccccc2C(=O)N1CC=Cc1cccc(Br)c1. The molecule has 0 saturated carbocycles. The van der Waals surface area contributed by atoms with Crippen molar-refractivity contribution in [3.05, 3.63) is 75.8 Å². The van der Waals surface area contributed by atoms with Gasteiger partial charge in [-0.05, 0) is 29.8 Å². The van der Waals surface area contributed by atoms with Gasteiger partial charge in [0.15, 0.2) is 0 Å². The van der Waals surface area contributed by atoms with Gasteiger partial charge in [-0.3, -0.25) is 14.5 Å². The molecule has 0 fully saturated rings. The molecule has 0 spiro atoms. The summed E-state index contributed by atoms with van der Waals surface area (Å²) in [5.74, 6) is -0.455. The van der Waals surface area contributed by atoms with E-state index < -0.39 is 0 Å². The molecule has 104 valence electrons. The zero-order valence-electron chi connectivity index (χ0n) is 11.1. The van der Waals surface area contributed by atoms with Gasteiger partial charge in [0.2, 0.25) is 0 Å². The maximum atomic E-state index is 12.2. The Bertz CT molecular complexity index is 717. The van der Waals surface area contributed by atoms with Crippen molar-refractivity contribution >= 4 is 33.8 Å². The first-order valence-electron chi connectivity index (χ1n) is 6.54. The van der Waals surface area contributed by atoms with E-state index in [0.29, 0.717) is 11.1 Å². The van der Waals surface area contributed by atoms with Crippen LogP contribution in [0.5, 0.6) is 0 Å². The van der Waals surface area contributed by atoms with Gasteiger partial charge in [-0.25, -0.2) is 0 Å². The van der Waals surface area contributed by atoms with Crippen LogP contribution in [0.2, 0.25) is 0 Å². The number of imide groups is 1. The minimum Gasteiger partial charge on any atom is -0.270 e. The molecular formula is C17H12BrNO2. The predicted molar refractivity (Wildman–Crippen MR) is 85.0 cm³/mol. The summed E-state index contributed by atoms with van der Waals surface area (Å²) in [5.41, 5.74) is 1.98. The van der Waals surface area contributed by atoms with Crippen molar-refractivity contribution in [2.24, 2.45) is 0 Å². The monoisotopic (exact) mass is 341 g/mol. The van der Waals surface area contributed by atoms with Crippen molar-refractivity contribution < 1.29 is 9.59 Å². The number of halogens is 1. The van der Waals surface area contributed by atoms with Gasteiger partial charge in [0.25, 0.3) is 11.8 Å². The van der Waals surface area contributed by atoms with Crippen LogP contribution in [0.25, 0.3) is 6.08 Å². The van der Waals surface area contributed by atoms with Crippen LogP contribution in [0.15, 0.2) is 59.1 Å². The number of nitrogens with zero attached hydrogens (tertiary/aromatic N) is 1. The topological polar surface area (TPSA) is 37.4 Å². The molecule has 1 aliphatic heterocycles. The van der Waals surface area contributed by atoms with Crippen molar-refractivity contribution in [3.63, 3.8) is 0 Å². The van der Waals surface area contributed by atoms with Crippen molar-refractivity contribution in [3.8, 4) is 0 Å². The minimum atomic E-state index is -0.227. The van der Waals surface area contributed by atoms with Crippen LogP contribution < -0.4 is 0 Å². The highest BCUT2D eigenvalue weighted by atomic mass is 79.9. The molecule has 0 N–H and O–H groups in total. The van der Waals surface area contributed by atoms with E-state index in [-0.39, 0.29) is 18.4 Å². The minimum absolute atomic E-state index is 0.227. The molecule has 4 heteroatoms. The molecule has 2 aromatic carbocycles. The van der Waals surface area contributed by atoms with E-state index >= 15 is 0 Å². The lowest BCUT2D eigenvalue weighted by molar-refractivity contribution is 0.0672. The van der Waals surface area contributed by atoms with E-state index in [1.54, 1.807) is 24.3 Å². The molecule has 3 rings (SSSR count). The van der Waals surface area contributed by atoms with Crippen LogP contribution in [-0.2, 0) is 0 Å². The van der Waals surface area contributed by atoms with Crippen LogP contribution >= 0.6 is 15.9 Å².